The van der Waals surface area contributed by atoms with Crippen LogP contribution in [0.25, 0.3) is 5.69 Å². The Balaban J connectivity index is 1.24. The number of aromatic nitrogens is 2. The summed E-state index contributed by atoms with van der Waals surface area (Å²) in [5.41, 5.74) is 1.83. The summed E-state index contributed by atoms with van der Waals surface area (Å²) < 4.78 is 7.54. The van der Waals surface area contributed by atoms with E-state index in [4.69, 9.17) is 4.74 Å². The van der Waals surface area contributed by atoms with Gasteiger partial charge in [0.1, 0.15) is 17.7 Å². The van der Waals surface area contributed by atoms with Crippen molar-refractivity contribution in [3.63, 3.8) is 0 Å². The lowest BCUT2D eigenvalue weighted by Gasteiger charge is -2.35. The van der Waals surface area contributed by atoms with Crippen LogP contribution < -0.4 is 5.32 Å². The van der Waals surface area contributed by atoms with Crippen LogP contribution >= 0.6 is 0 Å². The molecule has 2 aromatic carbocycles. The first-order valence-electron chi connectivity index (χ1n) is 10.0. The van der Waals surface area contributed by atoms with Crippen LogP contribution in [-0.2, 0) is 15.1 Å². The van der Waals surface area contributed by atoms with E-state index in [0.717, 1.165) is 11.3 Å². The van der Waals surface area contributed by atoms with Crippen molar-refractivity contribution in [2.45, 2.75) is 31.3 Å². The second-order valence-electron chi connectivity index (χ2n) is 7.88. The first-order chi connectivity index (χ1) is 14.5. The number of anilines is 1. The Morgan fingerprint density at radius 2 is 1.87 bits per heavy atom. The fraction of sp³-hybridized carbons (Fsp3) is 0.261. The number of ether oxygens (including phenoxy) is 1. The largest absolute Gasteiger partial charge is 0.508 e. The summed E-state index contributed by atoms with van der Waals surface area (Å²) in [4.78, 5) is 29.2. The van der Waals surface area contributed by atoms with Crippen molar-refractivity contribution < 1.29 is 19.4 Å². The first kappa shape index (κ1) is 18.4. The van der Waals surface area contributed by atoms with Gasteiger partial charge in [-0.2, -0.15) is 0 Å². The lowest BCUT2D eigenvalue weighted by Crippen LogP contribution is -2.36. The van der Waals surface area contributed by atoms with Crippen LogP contribution in [0.15, 0.2) is 61.1 Å². The van der Waals surface area contributed by atoms with Crippen LogP contribution in [0.3, 0.4) is 0 Å². The zero-order valence-corrected chi connectivity index (χ0v) is 16.2. The van der Waals surface area contributed by atoms with Gasteiger partial charge in [-0.15, -0.1) is 0 Å². The van der Waals surface area contributed by atoms with Gasteiger partial charge >= 0.3 is 5.97 Å². The molecule has 0 bridgehead atoms. The first-order valence-corrected chi connectivity index (χ1v) is 10.0. The van der Waals surface area contributed by atoms with Crippen molar-refractivity contribution in [2.75, 3.05) is 5.32 Å². The third-order valence-corrected chi connectivity index (χ3v) is 6.07. The zero-order valence-electron chi connectivity index (χ0n) is 16.2. The molecule has 1 fully saturated rings. The summed E-state index contributed by atoms with van der Waals surface area (Å²) in [5, 5.41) is 12.3. The molecule has 2 N–H and O–H groups in total. The number of aromatic hydroxyl groups is 1. The van der Waals surface area contributed by atoms with E-state index >= 15 is 0 Å². The van der Waals surface area contributed by atoms with Gasteiger partial charge in [0.2, 0.25) is 5.91 Å². The molecular formula is C23H21N3O4. The molecular weight excluding hydrogens is 382 g/mol. The van der Waals surface area contributed by atoms with Gasteiger partial charge in [0.25, 0.3) is 0 Å². The maximum atomic E-state index is 12.8. The fourth-order valence-corrected chi connectivity index (χ4v) is 4.45. The van der Waals surface area contributed by atoms with Crippen molar-refractivity contribution in [3.05, 3.63) is 72.2 Å². The summed E-state index contributed by atoms with van der Waals surface area (Å²) in [6.45, 7) is 0. The minimum absolute atomic E-state index is 0.0709. The van der Waals surface area contributed by atoms with Crippen molar-refractivity contribution in [2.24, 2.45) is 5.92 Å². The standard InChI is InChI=1S/C23H21N3O4/c27-17-7-5-16(6-8-17)26-13-20(24-14-26)25-21(28)15-9-11-23(12-10-15)19-4-2-1-3-18(19)22(29)30-23/h1-8,13-15,27H,9-12H2,(H,25,28). The number of carbonyl (C=O) groups excluding carboxylic acids is 2. The molecule has 0 unspecified atom stereocenters. The van der Waals surface area contributed by atoms with Gasteiger partial charge < -0.3 is 19.7 Å². The SMILES string of the molecule is O=C1OC2(CCC(C(=O)Nc3cn(-c4ccc(O)cc4)cn3)CC2)c2ccccc21. The predicted molar refractivity (Wildman–Crippen MR) is 109 cm³/mol. The topological polar surface area (TPSA) is 93.5 Å². The van der Waals surface area contributed by atoms with Gasteiger partial charge in [0, 0.05) is 17.2 Å². The second kappa shape index (κ2) is 7.02. The number of benzene rings is 2. The van der Waals surface area contributed by atoms with Gasteiger partial charge in [0.05, 0.1) is 11.8 Å². The minimum Gasteiger partial charge on any atom is -0.508 e. The van der Waals surface area contributed by atoms with Crippen LogP contribution in [0.5, 0.6) is 5.75 Å². The molecule has 7 nitrogen and oxygen atoms in total. The lowest BCUT2D eigenvalue weighted by atomic mass is 9.74. The van der Waals surface area contributed by atoms with E-state index in [9.17, 15) is 14.7 Å². The molecule has 2 aliphatic rings. The molecule has 1 aliphatic carbocycles. The molecule has 5 rings (SSSR count). The fourth-order valence-electron chi connectivity index (χ4n) is 4.45. The Morgan fingerprint density at radius 3 is 2.63 bits per heavy atom. The minimum atomic E-state index is -0.592. The summed E-state index contributed by atoms with van der Waals surface area (Å²) >= 11 is 0. The number of phenolic OH excluding ortho intramolecular Hbond substituents is 1. The Bertz CT molecular complexity index is 1110. The maximum absolute atomic E-state index is 12.8. The Labute approximate surface area is 173 Å². The van der Waals surface area contributed by atoms with E-state index in [-0.39, 0.29) is 23.5 Å². The molecule has 1 saturated carbocycles. The molecule has 0 radical (unpaired) electrons. The monoisotopic (exact) mass is 403 g/mol. The smallest absolute Gasteiger partial charge is 0.339 e. The van der Waals surface area contributed by atoms with Crippen molar-refractivity contribution >= 4 is 17.7 Å². The van der Waals surface area contributed by atoms with Crippen LogP contribution in [0.2, 0.25) is 0 Å². The van der Waals surface area contributed by atoms with E-state index < -0.39 is 5.60 Å². The number of hydrogen-bond donors (Lipinski definition) is 2. The number of carbonyl (C=O) groups is 2. The van der Waals surface area contributed by atoms with Gasteiger partial charge in [0.15, 0.2) is 5.82 Å². The number of imidazole rings is 1. The van der Waals surface area contributed by atoms with E-state index in [1.807, 2.05) is 18.2 Å². The molecule has 0 saturated heterocycles. The molecule has 1 spiro atoms. The lowest BCUT2D eigenvalue weighted by molar-refractivity contribution is -0.122. The highest BCUT2D eigenvalue weighted by Gasteiger charge is 2.48. The number of fused-ring (bicyclic) bond motifs is 2. The quantitative estimate of drug-likeness (QED) is 0.650. The number of rotatable bonds is 3. The van der Waals surface area contributed by atoms with Gasteiger partial charge in [-0.25, -0.2) is 9.78 Å². The number of esters is 1. The highest BCUT2D eigenvalue weighted by atomic mass is 16.6. The number of amides is 1. The predicted octanol–water partition coefficient (Wildman–Crippen LogP) is 3.77. The summed E-state index contributed by atoms with van der Waals surface area (Å²) in [5.74, 6) is 0.177. The van der Waals surface area contributed by atoms with Crippen LogP contribution in [0, 0.1) is 5.92 Å². The third-order valence-electron chi connectivity index (χ3n) is 6.07. The Hall–Kier alpha value is -3.61. The van der Waals surface area contributed by atoms with E-state index in [0.29, 0.717) is 37.1 Å². The summed E-state index contributed by atoms with van der Waals surface area (Å²) in [6, 6.07) is 14.3. The highest BCUT2D eigenvalue weighted by Crippen LogP contribution is 2.48. The third kappa shape index (κ3) is 3.12. The second-order valence-corrected chi connectivity index (χ2v) is 7.88. The Kier molecular flexibility index (Phi) is 4.31. The van der Waals surface area contributed by atoms with Gasteiger partial charge in [-0.3, -0.25) is 4.79 Å². The molecule has 0 atom stereocenters. The molecule has 30 heavy (non-hydrogen) atoms. The average molecular weight is 403 g/mol. The van der Waals surface area contributed by atoms with E-state index in [1.165, 1.54) is 0 Å². The van der Waals surface area contributed by atoms with Gasteiger partial charge in [-0.05, 0) is 56.0 Å². The van der Waals surface area contributed by atoms with Crippen molar-refractivity contribution in [3.8, 4) is 11.4 Å². The number of phenols is 1. The van der Waals surface area contributed by atoms with E-state index in [2.05, 4.69) is 10.3 Å². The zero-order chi connectivity index (χ0) is 20.7. The molecule has 2 heterocycles. The number of nitrogens with zero attached hydrogens (tertiary/aromatic N) is 2. The van der Waals surface area contributed by atoms with Crippen LogP contribution in [0.1, 0.15) is 41.6 Å². The number of hydrogen-bond acceptors (Lipinski definition) is 5. The normalized spacial score (nSPS) is 22.5. The molecule has 152 valence electrons. The van der Waals surface area contributed by atoms with E-state index in [1.54, 1.807) is 47.4 Å². The highest BCUT2D eigenvalue weighted by molar-refractivity contribution is 5.95. The average Bonchev–Trinajstić information content (AvgIpc) is 3.33. The van der Waals surface area contributed by atoms with Gasteiger partial charge in [-0.1, -0.05) is 18.2 Å². The van der Waals surface area contributed by atoms with Crippen LogP contribution in [-0.4, -0.2) is 26.5 Å². The van der Waals surface area contributed by atoms with Crippen molar-refractivity contribution in [1.82, 2.24) is 9.55 Å². The molecule has 7 heteroatoms. The summed E-state index contributed by atoms with van der Waals surface area (Å²) in [6.07, 6.45) is 5.92. The molecule has 3 aromatic rings. The summed E-state index contributed by atoms with van der Waals surface area (Å²) in [7, 11) is 0. The molecule has 1 aromatic heterocycles. The number of nitrogens with one attached hydrogen (secondary N) is 1. The maximum Gasteiger partial charge on any atom is 0.339 e. The van der Waals surface area contributed by atoms with Crippen LogP contribution in [0.4, 0.5) is 5.82 Å². The van der Waals surface area contributed by atoms with Crippen molar-refractivity contribution in [1.29, 1.82) is 0 Å². The molecule has 1 aliphatic heterocycles. The Morgan fingerprint density at radius 1 is 1.13 bits per heavy atom. The molecule has 1 amide bonds.